The van der Waals surface area contributed by atoms with E-state index in [1.165, 1.54) is 32.4 Å². The molecule has 8 heteroatoms. The summed E-state index contributed by atoms with van der Waals surface area (Å²) in [6, 6.07) is 5.33. The lowest BCUT2D eigenvalue weighted by Crippen LogP contribution is -2.34. The first-order chi connectivity index (χ1) is 13.8. The number of nitrogens with one attached hydrogen (secondary N) is 3. The summed E-state index contributed by atoms with van der Waals surface area (Å²) in [5, 5.41) is 12.5. The number of anilines is 1. The summed E-state index contributed by atoms with van der Waals surface area (Å²) >= 11 is 0. The second kappa shape index (κ2) is 8.79. The van der Waals surface area contributed by atoms with Crippen LogP contribution in [0.3, 0.4) is 0 Å². The van der Waals surface area contributed by atoms with Gasteiger partial charge < -0.3 is 10.2 Å². The number of likely N-dealkylation sites (tertiary alicyclic amines) is 1. The van der Waals surface area contributed by atoms with Gasteiger partial charge in [0.15, 0.2) is 0 Å². The fraction of sp³-hybridized carbons (Fsp3) is 0.400. The molecule has 4 rings (SSSR count). The van der Waals surface area contributed by atoms with Crippen LogP contribution >= 0.6 is 0 Å². The van der Waals surface area contributed by atoms with Crippen molar-refractivity contribution in [1.82, 2.24) is 30.4 Å². The van der Waals surface area contributed by atoms with Gasteiger partial charge >= 0.3 is 6.03 Å². The minimum Gasteiger partial charge on any atom is -0.338 e. The summed E-state index contributed by atoms with van der Waals surface area (Å²) in [7, 11) is 0. The molecular formula is C20H25N7O. The Labute approximate surface area is 163 Å². The number of urea groups is 1. The van der Waals surface area contributed by atoms with Crippen molar-refractivity contribution in [1.29, 1.82) is 0 Å². The van der Waals surface area contributed by atoms with Gasteiger partial charge in [-0.05, 0) is 57.1 Å². The van der Waals surface area contributed by atoms with Gasteiger partial charge in [0.05, 0.1) is 17.2 Å². The second-order valence-electron chi connectivity index (χ2n) is 7.08. The van der Waals surface area contributed by atoms with E-state index in [9.17, 15) is 4.79 Å². The van der Waals surface area contributed by atoms with E-state index in [0.29, 0.717) is 12.4 Å². The van der Waals surface area contributed by atoms with Crippen LogP contribution in [-0.2, 0) is 0 Å². The molecular weight excluding hydrogens is 354 g/mol. The van der Waals surface area contributed by atoms with Crippen molar-refractivity contribution in [2.45, 2.75) is 25.7 Å². The number of amides is 2. The SMILES string of the molecule is O=C(NCCCN1CCCCC1)Nc1ccc2ncc(-c3cn[nH]c3)cc2n1. The minimum atomic E-state index is -0.232. The third-order valence-electron chi connectivity index (χ3n) is 5.00. The van der Waals surface area contributed by atoms with Gasteiger partial charge in [-0.25, -0.2) is 9.78 Å². The van der Waals surface area contributed by atoms with Gasteiger partial charge in [0.25, 0.3) is 0 Å². The maximum Gasteiger partial charge on any atom is 0.320 e. The van der Waals surface area contributed by atoms with Crippen LogP contribution in [0.2, 0.25) is 0 Å². The number of pyridine rings is 2. The van der Waals surface area contributed by atoms with Gasteiger partial charge in [-0.1, -0.05) is 6.42 Å². The molecule has 0 saturated carbocycles. The van der Waals surface area contributed by atoms with Crippen molar-refractivity contribution in [3.05, 3.63) is 36.8 Å². The first-order valence-corrected chi connectivity index (χ1v) is 9.81. The van der Waals surface area contributed by atoms with Crippen LogP contribution in [0.1, 0.15) is 25.7 Å². The molecule has 2 amide bonds. The molecule has 4 heterocycles. The largest absolute Gasteiger partial charge is 0.338 e. The lowest BCUT2D eigenvalue weighted by molar-refractivity contribution is 0.224. The predicted molar refractivity (Wildman–Crippen MR) is 109 cm³/mol. The Morgan fingerprint density at radius 3 is 2.82 bits per heavy atom. The Bertz CT molecular complexity index is 919. The monoisotopic (exact) mass is 379 g/mol. The molecule has 3 aromatic rings. The van der Waals surface area contributed by atoms with Gasteiger partial charge in [-0.15, -0.1) is 0 Å². The van der Waals surface area contributed by atoms with E-state index in [1.807, 2.05) is 18.3 Å². The zero-order valence-corrected chi connectivity index (χ0v) is 15.8. The summed E-state index contributed by atoms with van der Waals surface area (Å²) in [5.41, 5.74) is 3.37. The highest BCUT2D eigenvalue weighted by Crippen LogP contribution is 2.21. The van der Waals surface area contributed by atoms with Crippen LogP contribution < -0.4 is 10.6 Å². The molecule has 1 fully saturated rings. The van der Waals surface area contributed by atoms with Crippen LogP contribution in [0.25, 0.3) is 22.2 Å². The molecule has 0 unspecified atom stereocenters. The van der Waals surface area contributed by atoms with Gasteiger partial charge in [-0.3, -0.25) is 15.4 Å². The summed E-state index contributed by atoms with van der Waals surface area (Å²) in [6.07, 6.45) is 10.2. The number of rotatable bonds is 6. The van der Waals surface area contributed by atoms with Gasteiger partial charge in [0.1, 0.15) is 5.82 Å². The second-order valence-corrected chi connectivity index (χ2v) is 7.08. The standard InChI is InChI=1S/C20H25N7O/c28-20(21-7-4-10-27-8-2-1-3-9-27)26-19-6-5-17-18(25-19)11-15(12-22-17)16-13-23-24-14-16/h5-6,11-14H,1-4,7-10H2,(H,23,24)(H2,21,25,26,28). The molecule has 0 spiro atoms. The summed E-state index contributed by atoms with van der Waals surface area (Å²) < 4.78 is 0. The molecule has 8 nitrogen and oxygen atoms in total. The molecule has 3 aromatic heterocycles. The fourth-order valence-corrected chi connectivity index (χ4v) is 3.49. The van der Waals surface area contributed by atoms with Crippen LogP contribution in [0.15, 0.2) is 36.8 Å². The van der Waals surface area contributed by atoms with Crippen molar-refractivity contribution in [3.63, 3.8) is 0 Å². The normalized spacial score (nSPS) is 14.9. The maximum absolute atomic E-state index is 12.1. The van der Waals surface area contributed by atoms with Crippen molar-refractivity contribution in [2.24, 2.45) is 0 Å². The highest BCUT2D eigenvalue weighted by atomic mass is 16.2. The zero-order valence-electron chi connectivity index (χ0n) is 15.8. The number of nitrogens with zero attached hydrogens (tertiary/aromatic N) is 4. The Morgan fingerprint density at radius 1 is 1.11 bits per heavy atom. The molecule has 3 N–H and O–H groups in total. The Kier molecular flexibility index (Phi) is 5.77. The molecule has 0 bridgehead atoms. The number of hydrogen-bond acceptors (Lipinski definition) is 5. The van der Waals surface area contributed by atoms with E-state index < -0.39 is 0 Å². The topological polar surface area (TPSA) is 98.8 Å². The lowest BCUT2D eigenvalue weighted by Gasteiger charge is -2.26. The number of fused-ring (bicyclic) bond motifs is 1. The minimum absolute atomic E-state index is 0.232. The molecule has 146 valence electrons. The van der Waals surface area contributed by atoms with Crippen LogP contribution in [0.5, 0.6) is 0 Å². The van der Waals surface area contributed by atoms with Crippen LogP contribution in [0, 0.1) is 0 Å². The predicted octanol–water partition coefficient (Wildman–Crippen LogP) is 3.02. The van der Waals surface area contributed by atoms with Crippen molar-refractivity contribution >= 4 is 22.9 Å². The molecule has 0 aromatic carbocycles. The fourth-order valence-electron chi connectivity index (χ4n) is 3.49. The number of carbonyl (C=O) groups is 1. The summed E-state index contributed by atoms with van der Waals surface area (Å²) in [6.45, 7) is 4.06. The smallest absolute Gasteiger partial charge is 0.320 e. The van der Waals surface area contributed by atoms with Gasteiger partial charge in [0, 0.05) is 30.1 Å². The Balaban J connectivity index is 1.31. The number of carbonyl (C=O) groups excluding carboxylic acids is 1. The highest BCUT2D eigenvalue weighted by molar-refractivity contribution is 5.90. The number of H-pyrrole nitrogens is 1. The molecule has 0 radical (unpaired) electrons. The summed E-state index contributed by atoms with van der Waals surface area (Å²) in [4.78, 5) is 23.6. The molecule has 28 heavy (non-hydrogen) atoms. The van der Waals surface area contributed by atoms with E-state index in [4.69, 9.17) is 0 Å². The van der Waals surface area contributed by atoms with Gasteiger partial charge in [-0.2, -0.15) is 5.10 Å². The van der Waals surface area contributed by atoms with E-state index in [2.05, 4.69) is 35.7 Å². The Hall–Kier alpha value is -3.00. The van der Waals surface area contributed by atoms with Crippen molar-refractivity contribution in [3.8, 4) is 11.1 Å². The highest BCUT2D eigenvalue weighted by Gasteiger charge is 2.10. The van der Waals surface area contributed by atoms with Crippen molar-refractivity contribution in [2.75, 3.05) is 31.5 Å². The molecule has 0 aliphatic carbocycles. The summed E-state index contributed by atoms with van der Waals surface area (Å²) in [5.74, 6) is 0.507. The quantitative estimate of drug-likeness (QED) is 0.572. The van der Waals surface area contributed by atoms with Crippen molar-refractivity contribution < 1.29 is 4.79 Å². The maximum atomic E-state index is 12.1. The average molecular weight is 379 g/mol. The number of aromatic nitrogens is 4. The van der Waals surface area contributed by atoms with Crippen LogP contribution in [-0.4, -0.2) is 57.3 Å². The first-order valence-electron chi connectivity index (χ1n) is 9.81. The third-order valence-corrected chi connectivity index (χ3v) is 5.00. The molecule has 1 aliphatic rings. The number of piperidine rings is 1. The van der Waals surface area contributed by atoms with E-state index >= 15 is 0 Å². The zero-order chi connectivity index (χ0) is 19.2. The van der Waals surface area contributed by atoms with E-state index in [-0.39, 0.29) is 6.03 Å². The Morgan fingerprint density at radius 2 is 2.00 bits per heavy atom. The molecule has 1 aliphatic heterocycles. The van der Waals surface area contributed by atoms with E-state index in [1.54, 1.807) is 18.5 Å². The lowest BCUT2D eigenvalue weighted by atomic mass is 10.1. The number of aromatic amines is 1. The first kappa shape index (κ1) is 18.4. The van der Waals surface area contributed by atoms with Crippen LogP contribution in [0.4, 0.5) is 10.6 Å². The molecule has 0 atom stereocenters. The van der Waals surface area contributed by atoms with Gasteiger partial charge in [0.2, 0.25) is 0 Å². The average Bonchev–Trinajstić information content (AvgIpc) is 3.26. The molecule has 1 saturated heterocycles. The third kappa shape index (κ3) is 4.64. The van der Waals surface area contributed by atoms with E-state index in [0.717, 1.165) is 35.1 Å². The number of hydrogen-bond donors (Lipinski definition) is 3.